The Kier molecular flexibility index (Phi) is 3.39. The number of fused-ring (bicyclic) bond motifs is 2. The van der Waals surface area contributed by atoms with Gasteiger partial charge in [0.15, 0.2) is 0 Å². The van der Waals surface area contributed by atoms with E-state index in [4.69, 9.17) is 0 Å². The lowest BCUT2D eigenvalue weighted by molar-refractivity contribution is 0.0383. The molecule has 0 aromatic heterocycles. The molecule has 0 aromatic rings. The van der Waals surface area contributed by atoms with Crippen molar-refractivity contribution in [2.75, 3.05) is 6.61 Å². The van der Waals surface area contributed by atoms with E-state index in [0.29, 0.717) is 12.0 Å². The second kappa shape index (κ2) is 4.45. The van der Waals surface area contributed by atoms with Crippen LogP contribution in [0.1, 0.15) is 58.8 Å². The van der Waals surface area contributed by atoms with Crippen LogP contribution in [-0.4, -0.2) is 11.7 Å². The van der Waals surface area contributed by atoms with Crippen molar-refractivity contribution in [3.63, 3.8) is 0 Å². The molecule has 1 nitrogen and oxygen atoms in total. The summed E-state index contributed by atoms with van der Waals surface area (Å²) in [5, 5.41) is 9.78. The summed E-state index contributed by atoms with van der Waals surface area (Å²) < 4.78 is 0. The van der Waals surface area contributed by atoms with Crippen LogP contribution in [0.15, 0.2) is 0 Å². The van der Waals surface area contributed by atoms with Crippen molar-refractivity contribution in [1.82, 2.24) is 0 Å². The fourth-order valence-electron chi connectivity index (χ4n) is 4.22. The smallest absolute Gasteiger partial charge is 0.0490 e. The van der Waals surface area contributed by atoms with Crippen molar-refractivity contribution in [2.45, 2.75) is 58.8 Å². The van der Waals surface area contributed by atoms with Gasteiger partial charge in [-0.3, -0.25) is 0 Å². The van der Waals surface area contributed by atoms with Gasteiger partial charge >= 0.3 is 0 Å². The molecular weight excluding hydrogens is 184 g/mol. The third-order valence-corrected chi connectivity index (χ3v) is 5.27. The van der Waals surface area contributed by atoms with Gasteiger partial charge in [-0.1, -0.05) is 33.1 Å². The molecule has 0 radical (unpaired) electrons. The van der Waals surface area contributed by atoms with Gasteiger partial charge in [0.1, 0.15) is 0 Å². The van der Waals surface area contributed by atoms with Gasteiger partial charge in [-0.25, -0.2) is 0 Å². The van der Waals surface area contributed by atoms with Crippen molar-refractivity contribution in [2.24, 2.45) is 23.2 Å². The highest BCUT2D eigenvalue weighted by molar-refractivity contribution is 5.00. The van der Waals surface area contributed by atoms with Gasteiger partial charge in [-0.2, -0.15) is 0 Å². The molecule has 88 valence electrons. The first-order chi connectivity index (χ1) is 7.24. The molecule has 0 aliphatic heterocycles. The second-order valence-electron chi connectivity index (χ2n) is 5.99. The Morgan fingerprint density at radius 3 is 2.40 bits per heavy atom. The van der Waals surface area contributed by atoms with E-state index in [2.05, 4.69) is 13.8 Å². The predicted octanol–water partition coefficient (Wildman–Crippen LogP) is 3.61. The van der Waals surface area contributed by atoms with Crippen LogP contribution in [0.25, 0.3) is 0 Å². The summed E-state index contributed by atoms with van der Waals surface area (Å²) in [4.78, 5) is 0. The maximum atomic E-state index is 9.78. The molecule has 2 rings (SSSR count). The highest BCUT2D eigenvalue weighted by atomic mass is 16.3. The zero-order valence-corrected chi connectivity index (χ0v) is 10.3. The summed E-state index contributed by atoms with van der Waals surface area (Å²) in [6.07, 6.45) is 9.44. The minimum Gasteiger partial charge on any atom is -0.396 e. The molecule has 2 bridgehead atoms. The zero-order valence-electron chi connectivity index (χ0n) is 10.3. The molecule has 3 unspecified atom stereocenters. The number of aliphatic hydroxyl groups is 1. The third-order valence-electron chi connectivity index (χ3n) is 5.27. The van der Waals surface area contributed by atoms with Crippen LogP contribution in [-0.2, 0) is 0 Å². The number of rotatable bonds is 5. The Hall–Kier alpha value is -0.0400. The van der Waals surface area contributed by atoms with E-state index in [-0.39, 0.29) is 0 Å². The first-order valence-corrected chi connectivity index (χ1v) is 6.85. The van der Waals surface area contributed by atoms with E-state index in [0.717, 1.165) is 17.8 Å². The minimum absolute atomic E-state index is 0.333. The van der Waals surface area contributed by atoms with Crippen molar-refractivity contribution in [3.05, 3.63) is 0 Å². The standard InChI is InChI=1S/C14H26O/c1-3-11(4-2)8-14(10-15)9-12-5-6-13(14)7-12/h11-13,15H,3-10H2,1-2H3. The van der Waals surface area contributed by atoms with Crippen LogP contribution in [0.5, 0.6) is 0 Å². The molecule has 2 saturated carbocycles. The van der Waals surface area contributed by atoms with E-state index >= 15 is 0 Å². The van der Waals surface area contributed by atoms with Crippen molar-refractivity contribution in [1.29, 1.82) is 0 Å². The van der Waals surface area contributed by atoms with E-state index in [1.54, 1.807) is 0 Å². The molecule has 0 spiro atoms. The highest BCUT2D eigenvalue weighted by Crippen LogP contribution is 2.58. The molecule has 2 aliphatic carbocycles. The Morgan fingerprint density at radius 1 is 1.27 bits per heavy atom. The largest absolute Gasteiger partial charge is 0.396 e. The Morgan fingerprint density at radius 2 is 2.00 bits per heavy atom. The van der Waals surface area contributed by atoms with Gasteiger partial charge in [0, 0.05) is 6.61 Å². The van der Waals surface area contributed by atoms with Crippen molar-refractivity contribution < 1.29 is 5.11 Å². The third kappa shape index (κ3) is 1.95. The highest BCUT2D eigenvalue weighted by Gasteiger charge is 2.50. The average molecular weight is 210 g/mol. The van der Waals surface area contributed by atoms with Crippen LogP contribution >= 0.6 is 0 Å². The zero-order chi connectivity index (χ0) is 10.9. The number of hydrogen-bond donors (Lipinski definition) is 1. The summed E-state index contributed by atoms with van der Waals surface area (Å²) in [5.74, 6) is 2.65. The molecule has 0 amide bonds. The van der Waals surface area contributed by atoms with Crippen LogP contribution < -0.4 is 0 Å². The molecule has 0 heterocycles. The number of aliphatic hydroxyl groups excluding tert-OH is 1. The molecule has 1 heteroatoms. The van der Waals surface area contributed by atoms with Gasteiger partial charge in [-0.15, -0.1) is 0 Å². The van der Waals surface area contributed by atoms with Gasteiger partial charge in [0.2, 0.25) is 0 Å². The summed E-state index contributed by atoms with van der Waals surface area (Å²) in [6, 6.07) is 0. The lowest BCUT2D eigenvalue weighted by Gasteiger charge is -2.38. The lowest BCUT2D eigenvalue weighted by Crippen LogP contribution is -2.34. The molecule has 1 N–H and O–H groups in total. The van der Waals surface area contributed by atoms with Crippen LogP contribution in [0, 0.1) is 23.2 Å². The summed E-state index contributed by atoms with van der Waals surface area (Å²) in [7, 11) is 0. The Labute approximate surface area is 94.3 Å². The van der Waals surface area contributed by atoms with E-state index in [9.17, 15) is 5.11 Å². The minimum atomic E-state index is 0.333. The number of hydrogen-bond acceptors (Lipinski definition) is 1. The second-order valence-corrected chi connectivity index (χ2v) is 5.99. The van der Waals surface area contributed by atoms with E-state index in [1.165, 1.54) is 44.9 Å². The van der Waals surface area contributed by atoms with Gasteiger partial charge in [0.05, 0.1) is 0 Å². The van der Waals surface area contributed by atoms with Gasteiger partial charge in [0.25, 0.3) is 0 Å². The average Bonchev–Trinajstić information content (AvgIpc) is 2.86. The molecule has 3 atom stereocenters. The van der Waals surface area contributed by atoms with Crippen LogP contribution in [0.4, 0.5) is 0 Å². The van der Waals surface area contributed by atoms with E-state index < -0.39 is 0 Å². The quantitative estimate of drug-likeness (QED) is 0.735. The molecule has 2 aliphatic rings. The van der Waals surface area contributed by atoms with E-state index in [1.807, 2.05) is 0 Å². The normalized spacial score (nSPS) is 39.2. The molecule has 2 fully saturated rings. The lowest BCUT2D eigenvalue weighted by atomic mass is 9.68. The summed E-state index contributed by atoms with van der Waals surface area (Å²) in [6.45, 7) is 5.05. The maximum absolute atomic E-state index is 9.78. The SMILES string of the molecule is CCC(CC)CC1(CO)CC2CCC1C2. The fourth-order valence-corrected chi connectivity index (χ4v) is 4.22. The fraction of sp³-hybridized carbons (Fsp3) is 1.00. The molecular formula is C14H26O. The van der Waals surface area contributed by atoms with Gasteiger partial charge < -0.3 is 5.11 Å². The first kappa shape index (κ1) is 11.4. The van der Waals surface area contributed by atoms with Crippen molar-refractivity contribution >= 4 is 0 Å². The van der Waals surface area contributed by atoms with Crippen molar-refractivity contribution in [3.8, 4) is 0 Å². The Balaban J connectivity index is 2.03. The molecule has 0 aromatic carbocycles. The predicted molar refractivity (Wildman–Crippen MR) is 63.7 cm³/mol. The molecule has 0 saturated heterocycles. The monoisotopic (exact) mass is 210 g/mol. The summed E-state index contributed by atoms with van der Waals surface area (Å²) >= 11 is 0. The maximum Gasteiger partial charge on any atom is 0.0490 e. The molecule has 15 heavy (non-hydrogen) atoms. The van der Waals surface area contributed by atoms with Gasteiger partial charge in [-0.05, 0) is 48.9 Å². The van der Waals surface area contributed by atoms with Crippen LogP contribution in [0.2, 0.25) is 0 Å². The Bertz CT molecular complexity index is 209. The topological polar surface area (TPSA) is 20.2 Å². The first-order valence-electron chi connectivity index (χ1n) is 6.85. The summed E-state index contributed by atoms with van der Waals surface area (Å²) in [5.41, 5.74) is 0.333. The van der Waals surface area contributed by atoms with Crippen LogP contribution in [0.3, 0.4) is 0 Å².